The topological polar surface area (TPSA) is 29.9 Å². The van der Waals surface area contributed by atoms with Gasteiger partial charge in [-0.1, -0.05) is 0 Å². The zero-order valence-corrected chi connectivity index (χ0v) is 11.7. The molecule has 2 heterocycles. The summed E-state index contributed by atoms with van der Waals surface area (Å²) in [5.41, 5.74) is 3.48. The van der Waals surface area contributed by atoms with E-state index in [1.807, 2.05) is 13.1 Å². The number of nitrogens with one attached hydrogen (secondary N) is 1. The van der Waals surface area contributed by atoms with Gasteiger partial charge in [-0.25, -0.2) is 4.98 Å². The first-order chi connectivity index (χ1) is 8.20. The fourth-order valence-electron chi connectivity index (χ4n) is 1.77. The van der Waals surface area contributed by atoms with Crippen LogP contribution in [-0.4, -0.2) is 9.55 Å². The third-order valence-electron chi connectivity index (χ3n) is 2.75. The van der Waals surface area contributed by atoms with Crippen molar-refractivity contribution in [3.05, 3.63) is 46.5 Å². The van der Waals surface area contributed by atoms with Crippen LogP contribution in [0.1, 0.15) is 18.2 Å². The molecular weight excluding hydrogens is 278 g/mol. The average molecular weight is 294 g/mol. The van der Waals surface area contributed by atoms with E-state index in [4.69, 9.17) is 0 Å². The monoisotopic (exact) mass is 293 g/mol. The molecule has 2 rings (SSSR count). The first kappa shape index (κ1) is 12.2. The van der Waals surface area contributed by atoms with E-state index in [-0.39, 0.29) is 0 Å². The molecule has 3 nitrogen and oxygen atoms in total. The van der Waals surface area contributed by atoms with Crippen molar-refractivity contribution >= 4 is 21.6 Å². The molecule has 0 aromatic carbocycles. The maximum atomic E-state index is 4.27. The predicted octanol–water partition coefficient (Wildman–Crippen LogP) is 3.59. The van der Waals surface area contributed by atoms with Crippen LogP contribution in [0.2, 0.25) is 0 Å². The van der Waals surface area contributed by atoms with Crippen LogP contribution in [0.4, 0.5) is 5.69 Å². The number of aryl methyl sites for hydroxylation is 2. The smallest absolute Gasteiger partial charge is 0.109 e. The Morgan fingerprint density at radius 2 is 2.29 bits per heavy atom. The highest BCUT2D eigenvalue weighted by Crippen LogP contribution is 2.17. The molecule has 0 bridgehead atoms. The van der Waals surface area contributed by atoms with Crippen LogP contribution in [0.3, 0.4) is 0 Å². The van der Waals surface area contributed by atoms with E-state index >= 15 is 0 Å². The Kier molecular flexibility index (Phi) is 3.84. The van der Waals surface area contributed by atoms with Crippen LogP contribution in [0.15, 0.2) is 35.2 Å². The normalized spacial score (nSPS) is 10.5. The Morgan fingerprint density at radius 3 is 3.00 bits per heavy atom. The molecule has 0 aliphatic carbocycles. The lowest BCUT2D eigenvalue weighted by atomic mass is 10.3. The molecule has 0 atom stereocenters. The second-order valence-corrected chi connectivity index (χ2v) is 4.72. The minimum atomic E-state index is 0.823. The Balaban J connectivity index is 2.05. The fourth-order valence-corrected chi connectivity index (χ4v) is 1.98. The molecule has 17 heavy (non-hydrogen) atoms. The van der Waals surface area contributed by atoms with Gasteiger partial charge in [0, 0.05) is 18.4 Å². The molecule has 0 amide bonds. The highest BCUT2D eigenvalue weighted by Gasteiger charge is 2.01. The highest BCUT2D eigenvalue weighted by atomic mass is 79.9. The first-order valence-electron chi connectivity index (χ1n) is 5.70. The van der Waals surface area contributed by atoms with E-state index in [0.717, 1.165) is 28.9 Å². The van der Waals surface area contributed by atoms with E-state index in [0.29, 0.717) is 0 Å². The average Bonchev–Trinajstić information content (AvgIpc) is 2.78. The molecule has 0 unspecified atom stereocenters. The van der Waals surface area contributed by atoms with Gasteiger partial charge in [0.05, 0.1) is 18.4 Å². The number of pyridine rings is 1. The van der Waals surface area contributed by atoms with Gasteiger partial charge in [-0.05, 0) is 53.5 Å². The van der Waals surface area contributed by atoms with Crippen LogP contribution in [0.25, 0.3) is 0 Å². The molecule has 0 radical (unpaired) electrons. The third-order valence-corrected chi connectivity index (χ3v) is 3.58. The molecule has 0 fully saturated rings. The van der Waals surface area contributed by atoms with Gasteiger partial charge in [0.1, 0.15) is 4.60 Å². The van der Waals surface area contributed by atoms with Crippen LogP contribution < -0.4 is 5.32 Å². The van der Waals surface area contributed by atoms with Crippen LogP contribution in [0, 0.1) is 6.92 Å². The summed E-state index contributed by atoms with van der Waals surface area (Å²) in [6.07, 6.45) is 3.94. The van der Waals surface area contributed by atoms with E-state index in [9.17, 15) is 0 Å². The standard InChI is InChI=1S/C13H16BrN3/c1-3-17-6-4-5-12(17)9-15-11-7-10(2)13(14)16-8-11/h4-8,15H,3,9H2,1-2H3. The summed E-state index contributed by atoms with van der Waals surface area (Å²) in [6, 6.07) is 6.30. The number of aromatic nitrogens is 2. The Labute approximate surface area is 110 Å². The molecule has 2 aromatic rings. The van der Waals surface area contributed by atoms with E-state index in [2.05, 4.69) is 62.1 Å². The lowest BCUT2D eigenvalue weighted by Crippen LogP contribution is -2.06. The zero-order valence-electron chi connectivity index (χ0n) is 10.1. The maximum absolute atomic E-state index is 4.27. The SMILES string of the molecule is CCn1cccc1CNc1cnc(Br)c(C)c1. The van der Waals surface area contributed by atoms with Crippen molar-refractivity contribution in [2.24, 2.45) is 0 Å². The van der Waals surface area contributed by atoms with E-state index in [1.54, 1.807) is 0 Å². The number of rotatable bonds is 4. The molecule has 0 aliphatic heterocycles. The molecule has 0 saturated heterocycles. The minimum absolute atomic E-state index is 0.823. The quantitative estimate of drug-likeness (QED) is 0.873. The molecule has 2 aromatic heterocycles. The second-order valence-electron chi connectivity index (χ2n) is 3.97. The maximum Gasteiger partial charge on any atom is 0.109 e. The molecule has 0 spiro atoms. The van der Waals surface area contributed by atoms with E-state index in [1.165, 1.54) is 5.69 Å². The number of halogens is 1. The van der Waals surface area contributed by atoms with Gasteiger partial charge in [-0.3, -0.25) is 0 Å². The van der Waals surface area contributed by atoms with Crippen molar-refractivity contribution in [1.82, 2.24) is 9.55 Å². The Hall–Kier alpha value is -1.29. The lowest BCUT2D eigenvalue weighted by molar-refractivity contribution is 0.724. The van der Waals surface area contributed by atoms with Crippen molar-refractivity contribution in [3.63, 3.8) is 0 Å². The highest BCUT2D eigenvalue weighted by molar-refractivity contribution is 9.10. The Bertz CT molecular complexity index is 505. The van der Waals surface area contributed by atoms with Gasteiger partial charge in [-0.15, -0.1) is 0 Å². The molecule has 90 valence electrons. The van der Waals surface area contributed by atoms with Crippen LogP contribution in [-0.2, 0) is 13.1 Å². The van der Waals surface area contributed by atoms with Crippen molar-refractivity contribution in [2.75, 3.05) is 5.32 Å². The van der Waals surface area contributed by atoms with Gasteiger partial charge < -0.3 is 9.88 Å². The third kappa shape index (κ3) is 2.88. The van der Waals surface area contributed by atoms with Crippen molar-refractivity contribution in [2.45, 2.75) is 26.9 Å². The molecular formula is C13H16BrN3. The fraction of sp³-hybridized carbons (Fsp3) is 0.308. The van der Waals surface area contributed by atoms with Gasteiger partial charge in [-0.2, -0.15) is 0 Å². The molecule has 1 N–H and O–H groups in total. The van der Waals surface area contributed by atoms with Gasteiger partial charge in [0.15, 0.2) is 0 Å². The van der Waals surface area contributed by atoms with Crippen LogP contribution in [0.5, 0.6) is 0 Å². The number of hydrogen-bond donors (Lipinski definition) is 1. The first-order valence-corrected chi connectivity index (χ1v) is 6.50. The minimum Gasteiger partial charge on any atom is -0.378 e. The molecule has 0 aliphatic rings. The zero-order chi connectivity index (χ0) is 12.3. The summed E-state index contributed by atoms with van der Waals surface area (Å²) in [6.45, 7) is 6.01. The second kappa shape index (κ2) is 5.36. The molecule has 4 heteroatoms. The predicted molar refractivity (Wildman–Crippen MR) is 74.1 cm³/mol. The number of anilines is 1. The summed E-state index contributed by atoms with van der Waals surface area (Å²) in [5, 5.41) is 3.39. The van der Waals surface area contributed by atoms with Crippen molar-refractivity contribution in [1.29, 1.82) is 0 Å². The summed E-state index contributed by atoms with van der Waals surface area (Å²) in [5.74, 6) is 0. The van der Waals surface area contributed by atoms with Gasteiger partial charge in [0.2, 0.25) is 0 Å². The summed E-state index contributed by atoms with van der Waals surface area (Å²) in [4.78, 5) is 4.27. The summed E-state index contributed by atoms with van der Waals surface area (Å²) >= 11 is 3.40. The summed E-state index contributed by atoms with van der Waals surface area (Å²) in [7, 11) is 0. The number of nitrogens with zero attached hydrogens (tertiary/aromatic N) is 2. The van der Waals surface area contributed by atoms with E-state index < -0.39 is 0 Å². The number of hydrogen-bond acceptors (Lipinski definition) is 2. The van der Waals surface area contributed by atoms with Gasteiger partial charge >= 0.3 is 0 Å². The van der Waals surface area contributed by atoms with Gasteiger partial charge in [0.25, 0.3) is 0 Å². The van der Waals surface area contributed by atoms with Crippen LogP contribution >= 0.6 is 15.9 Å². The molecule has 0 saturated carbocycles. The van der Waals surface area contributed by atoms with Crippen molar-refractivity contribution in [3.8, 4) is 0 Å². The largest absolute Gasteiger partial charge is 0.378 e. The summed E-state index contributed by atoms with van der Waals surface area (Å²) < 4.78 is 3.13. The Morgan fingerprint density at radius 1 is 1.47 bits per heavy atom. The van der Waals surface area contributed by atoms with Crippen molar-refractivity contribution < 1.29 is 0 Å². The lowest BCUT2D eigenvalue weighted by Gasteiger charge is -2.09.